The molecule has 0 radical (unpaired) electrons. The minimum absolute atomic E-state index is 0.136. The van der Waals surface area contributed by atoms with Gasteiger partial charge in [-0.25, -0.2) is 5.01 Å². The molecule has 1 aromatic heterocycles. The second-order valence-electron chi connectivity index (χ2n) is 6.53. The van der Waals surface area contributed by atoms with Crippen LogP contribution in [0, 0.1) is 6.92 Å². The second kappa shape index (κ2) is 7.11. The fraction of sp³-hybridized carbons (Fsp3) is 0.182. The second-order valence-corrected chi connectivity index (χ2v) is 6.53. The largest absolute Gasteiger partial charge is 0.497 e. The molecule has 0 fully saturated rings. The van der Waals surface area contributed by atoms with Crippen molar-refractivity contribution < 1.29 is 13.9 Å². The molecule has 5 nitrogen and oxygen atoms in total. The number of ether oxygens (including phenoxy) is 1. The molecule has 1 aliphatic rings. The number of nitrogens with zero attached hydrogens (tertiary/aromatic N) is 2. The van der Waals surface area contributed by atoms with Crippen molar-refractivity contribution in [1.82, 2.24) is 5.01 Å². The van der Waals surface area contributed by atoms with Crippen LogP contribution in [0.5, 0.6) is 5.75 Å². The van der Waals surface area contributed by atoms with Crippen molar-refractivity contribution >= 4 is 11.6 Å². The van der Waals surface area contributed by atoms with Gasteiger partial charge in [-0.15, -0.1) is 0 Å². The number of methoxy groups -OCH3 is 1. The number of benzene rings is 2. The van der Waals surface area contributed by atoms with E-state index in [2.05, 4.69) is 5.10 Å². The fourth-order valence-corrected chi connectivity index (χ4v) is 3.27. The summed E-state index contributed by atoms with van der Waals surface area (Å²) in [6.45, 7) is 1.97. The summed E-state index contributed by atoms with van der Waals surface area (Å²) in [5, 5.41) is 6.19. The molecule has 2 heterocycles. The van der Waals surface area contributed by atoms with Gasteiger partial charge < -0.3 is 9.15 Å². The Morgan fingerprint density at radius 1 is 1.15 bits per heavy atom. The molecule has 1 aliphatic heterocycles. The number of rotatable bonds is 4. The van der Waals surface area contributed by atoms with E-state index in [1.165, 1.54) is 5.01 Å². The molecule has 136 valence electrons. The van der Waals surface area contributed by atoms with Gasteiger partial charge in [0.05, 0.1) is 19.1 Å². The number of amides is 1. The molecule has 0 spiro atoms. The first kappa shape index (κ1) is 17.1. The number of carbonyl (C=O) groups is 1. The first-order valence-electron chi connectivity index (χ1n) is 8.81. The van der Waals surface area contributed by atoms with E-state index in [1.54, 1.807) is 13.4 Å². The van der Waals surface area contributed by atoms with E-state index in [1.807, 2.05) is 67.6 Å². The highest BCUT2D eigenvalue weighted by Crippen LogP contribution is 2.34. The van der Waals surface area contributed by atoms with E-state index in [4.69, 9.17) is 9.15 Å². The van der Waals surface area contributed by atoms with Gasteiger partial charge >= 0.3 is 0 Å². The van der Waals surface area contributed by atoms with Crippen molar-refractivity contribution in [1.29, 1.82) is 0 Å². The Bertz CT molecular complexity index is 975. The third-order valence-corrected chi connectivity index (χ3v) is 4.68. The average molecular weight is 360 g/mol. The van der Waals surface area contributed by atoms with Crippen molar-refractivity contribution in [3.05, 3.63) is 89.4 Å². The van der Waals surface area contributed by atoms with E-state index >= 15 is 0 Å². The zero-order valence-corrected chi connectivity index (χ0v) is 15.3. The SMILES string of the molecule is COc1ccc(C2=NN(C(=O)c3cccc(C)c3)[C@@H](c3ccco3)C2)cc1. The van der Waals surface area contributed by atoms with Crippen LogP contribution in [0.4, 0.5) is 0 Å². The van der Waals surface area contributed by atoms with Crippen LogP contribution in [0.25, 0.3) is 0 Å². The maximum Gasteiger partial charge on any atom is 0.274 e. The average Bonchev–Trinajstić information content (AvgIpc) is 3.37. The van der Waals surface area contributed by atoms with Crippen LogP contribution < -0.4 is 4.74 Å². The smallest absolute Gasteiger partial charge is 0.274 e. The lowest BCUT2D eigenvalue weighted by atomic mass is 10.0. The van der Waals surface area contributed by atoms with Crippen LogP contribution in [0.1, 0.15) is 39.7 Å². The van der Waals surface area contributed by atoms with Gasteiger partial charge in [0.25, 0.3) is 5.91 Å². The summed E-state index contributed by atoms with van der Waals surface area (Å²) >= 11 is 0. The Labute approximate surface area is 157 Å². The summed E-state index contributed by atoms with van der Waals surface area (Å²) in [5.41, 5.74) is 3.46. The Balaban J connectivity index is 1.70. The molecule has 0 saturated heterocycles. The summed E-state index contributed by atoms with van der Waals surface area (Å²) in [6, 6.07) is 18.7. The van der Waals surface area contributed by atoms with E-state index in [0.717, 1.165) is 28.3 Å². The summed E-state index contributed by atoms with van der Waals surface area (Å²) in [5.74, 6) is 1.37. The standard InChI is InChI=1S/C22H20N2O3/c1-15-5-3-6-17(13-15)22(25)24-20(21-7-4-12-27-21)14-19(23-24)16-8-10-18(26-2)11-9-16/h3-13,20H,14H2,1-2H3/t20-/m1/s1. The topological polar surface area (TPSA) is 55.0 Å². The van der Waals surface area contributed by atoms with E-state index in [-0.39, 0.29) is 11.9 Å². The summed E-state index contributed by atoms with van der Waals surface area (Å²) in [4.78, 5) is 13.1. The fourth-order valence-electron chi connectivity index (χ4n) is 3.27. The van der Waals surface area contributed by atoms with Crippen LogP contribution in [0.15, 0.2) is 76.4 Å². The molecule has 1 atom stereocenters. The zero-order valence-electron chi connectivity index (χ0n) is 15.3. The molecule has 1 amide bonds. The molecule has 3 aromatic rings. The van der Waals surface area contributed by atoms with Crippen LogP contribution in [-0.2, 0) is 0 Å². The highest BCUT2D eigenvalue weighted by atomic mass is 16.5. The van der Waals surface area contributed by atoms with Gasteiger partial charge in [-0.05, 0) is 61.0 Å². The Morgan fingerprint density at radius 3 is 2.63 bits per heavy atom. The normalized spacial score (nSPS) is 16.3. The number of hydrazone groups is 1. The lowest BCUT2D eigenvalue weighted by Gasteiger charge is -2.20. The van der Waals surface area contributed by atoms with Gasteiger partial charge in [0.15, 0.2) is 0 Å². The van der Waals surface area contributed by atoms with Crippen molar-refractivity contribution in [2.45, 2.75) is 19.4 Å². The molecular weight excluding hydrogens is 340 g/mol. The quantitative estimate of drug-likeness (QED) is 0.684. The Morgan fingerprint density at radius 2 is 1.96 bits per heavy atom. The molecule has 27 heavy (non-hydrogen) atoms. The molecule has 0 aliphatic carbocycles. The molecular formula is C22H20N2O3. The first-order valence-corrected chi connectivity index (χ1v) is 8.81. The zero-order chi connectivity index (χ0) is 18.8. The third-order valence-electron chi connectivity index (χ3n) is 4.68. The highest BCUT2D eigenvalue weighted by Gasteiger charge is 2.35. The molecule has 0 bridgehead atoms. The maximum atomic E-state index is 13.1. The van der Waals surface area contributed by atoms with Gasteiger partial charge in [-0.2, -0.15) is 5.10 Å². The van der Waals surface area contributed by atoms with Gasteiger partial charge in [-0.3, -0.25) is 4.79 Å². The van der Waals surface area contributed by atoms with Crippen LogP contribution >= 0.6 is 0 Å². The monoisotopic (exact) mass is 360 g/mol. The number of hydrogen-bond acceptors (Lipinski definition) is 4. The van der Waals surface area contributed by atoms with Crippen molar-refractivity contribution in [2.75, 3.05) is 7.11 Å². The van der Waals surface area contributed by atoms with E-state index in [9.17, 15) is 4.79 Å². The van der Waals surface area contributed by atoms with E-state index < -0.39 is 0 Å². The Kier molecular flexibility index (Phi) is 4.50. The van der Waals surface area contributed by atoms with Gasteiger partial charge in [0.2, 0.25) is 0 Å². The van der Waals surface area contributed by atoms with Crippen LogP contribution in [0.2, 0.25) is 0 Å². The van der Waals surface area contributed by atoms with E-state index in [0.29, 0.717) is 12.0 Å². The molecule has 5 heteroatoms. The number of furan rings is 1. The van der Waals surface area contributed by atoms with Gasteiger partial charge in [-0.1, -0.05) is 17.7 Å². The van der Waals surface area contributed by atoms with Gasteiger partial charge in [0.1, 0.15) is 17.6 Å². The molecule has 0 N–H and O–H groups in total. The number of hydrogen-bond donors (Lipinski definition) is 0. The lowest BCUT2D eigenvalue weighted by molar-refractivity contribution is 0.0692. The molecule has 0 unspecified atom stereocenters. The molecule has 0 saturated carbocycles. The number of carbonyl (C=O) groups excluding carboxylic acids is 1. The van der Waals surface area contributed by atoms with Gasteiger partial charge in [0, 0.05) is 12.0 Å². The predicted molar refractivity (Wildman–Crippen MR) is 103 cm³/mol. The van der Waals surface area contributed by atoms with Crippen LogP contribution in [-0.4, -0.2) is 23.7 Å². The molecule has 4 rings (SSSR count). The highest BCUT2D eigenvalue weighted by molar-refractivity contribution is 6.05. The summed E-state index contributed by atoms with van der Waals surface area (Å²) in [6.07, 6.45) is 2.22. The van der Waals surface area contributed by atoms with Crippen molar-refractivity contribution in [3.63, 3.8) is 0 Å². The predicted octanol–water partition coefficient (Wildman–Crippen LogP) is 4.59. The van der Waals surface area contributed by atoms with Crippen molar-refractivity contribution in [3.8, 4) is 5.75 Å². The Hall–Kier alpha value is -3.34. The lowest BCUT2D eigenvalue weighted by Crippen LogP contribution is -2.26. The summed E-state index contributed by atoms with van der Waals surface area (Å²) < 4.78 is 10.8. The maximum absolute atomic E-state index is 13.1. The van der Waals surface area contributed by atoms with Crippen molar-refractivity contribution in [2.24, 2.45) is 5.10 Å². The minimum atomic E-state index is -0.259. The minimum Gasteiger partial charge on any atom is -0.497 e. The van der Waals surface area contributed by atoms with Crippen LogP contribution in [0.3, 0.4) is 0 Å². The molecule has 2 aromatic carbocycles. The first-order chi connectivity index (χ1) is 13.2. The number of aryl methyl sites for hydroxylation is 1. The third kappa shape index (κ3) is 3.36. The summed E-state index contributed by atoms with van der Waals surface area (Å²) in [7, 11) is 1.64.